The van der Waals surface area contributed by atoms with Crippen molar-refractivity contribution in [2.45, 2.75) is 32.5 Å². The Morgan fingerprint density at radius 2 is 1.87 bits per heavy atom. The predicted octanol–water partition coefficient (Wildman–Crippen LogP) is 4.13. The highest BCUT2D eigenvalue weighted by Gasteiger charge is 2.33. The molecule has 0 bridgehead atoms. The summed E-state index contributed by atoms with van der Waals surface area (Å²) in [5, 5.41) is 4.26. The Hall–Kier alpha value is -3.45. The van der Waals surface area contributed by atoms with Gasteiger partial charge in [-0.25, -0.2) is 4.98 Å². The number of hydrogen-bond acceptors (Lipinski definition) is 6. The van der Waals surface area contributed by atoms with Gasteiger partial charge in [0.15, 0.2) is 0 Å². The molecule has 0 aliphatic carbocycles. The number of H-pyrrole nitrogens is 1. The second kappa shape index (κ2) is 8.00. The summed E-state index contributed by atoms with van der Waals surface area (Å²) in [4.78, 5) is 17.0. The highest BCUT2D eigenvalue weighted by molar-refractivity contribution is 5.54. The number of nitrogens with zero attached hydrogens (tertiary/aromatic N) is 5. The highest BCUT2D eigenvalue weighted by atomic mass is 16.5. The van der Waals surface area contributed by atoms with E-state index in [-0.39, 0.29) is 6.04 Å². The van der Waals surface area contributed by atoms with Crippen molar-refractivity contribution in [3.8, 4) is 11.4 Å². The first-order chi connectivity index (χ1) is 15.1. The largest absolute Gasteiger partial charge is 0.378 e. The molecule has 0 amide bonds. The van der Waals surface area contributed by atoms with E-state index in [1.165, 1.54) is 16.8 Å². The third-order valence-corrected chi connectivity index (χ3v) is 5.87. The summed E-state index contributed by atoms with van der Waals surface area (Å²) in [5.41, 5.74) is 6.82. The zero-order valence-corrected chi connectivity index (χ0v) is 18.0. The Morgan fingerprint density at radius 3 is 2.61 bits per heavy atom. The monoisotopic (exact) mass is 414 g/mol. The first-order valence-electron chi connectivity index (χ1n) is 10.5. The summed E-state index contributed by atoms with van der Waals surface area (Å²) in [5.74, 6) is 1.26. The maximum Gasteiger partial charge on any atom is 0.244 e. The topological polar surface area (TPSA) is 74.1 Å². The summed E-state index contributed by atoms with van der Waals surface area (Å²) in [7, 11) is 4.10. The number of anilines is 1. The summed E-state index contributed by atoms with van der Waals surface area (Å²) < 4.78 is 5.75. The Labute approximate surface area is 181 Å². The molecule has 0 saturated carbocycles. The molecule has 31 heavy (non-hydrogen) atoms. The average Bonchev–Trinajstić information content (AvgIpc) is 3.43. The molecular weight excluding hydrogens is 388 g/mol. The number of nitrogens with one attached hydrogen (secondary N) is 1. The van der Waals surface area contributed by atoms with Gasteiger partial charge in [0.1, 0.15) is 0 Å². The van der Waals surface area contributed by atoms with Gasteiger partial charge in [0.2, 0.25) is 11.7 Å². The number of aryl methyl sites for hydroxylation is 1. The minimum absolute atomic E-state index is 0.0176. The van der Waals surface area contributed by atoms with Gasteiger partial charge in [-0.15, -0.1) is 0 Å². The van der Waals surface area contributed by atoms with Crippen LogP contribution >= 0.6 is 0 Å². The molecule has 5 rings (SSSR count). The van der Waals surface area contributed by atoms with E-state index in [9.17, 15) is 0 Å². The van der Waals surface area contributed by atoms with E-state index in [0.29, 0.717) is 11.7 Å². The highest BCUT2D eigenvalue weighted by Crippen LogP contribution is 2.33. The molecule has 1 N–H and O–H groups in total. The van der Waals surface area contributed by atoms with Gasteiger partial charge >= 0.3 is 0 Å². The lowest BCUT2D eigenvalue weighted by Crippen LogP contribution is -2.34. The average molecular weight is 415 g/mol. The molecule has 158 valence electrons. The van der Waals surface area contributed by atoms with Gasteiger partial charge in [0, 0.05) is 44.9 Å². The molecule has 4 aromatic rings. The number of rotatable bonds is 5. The van der Waals surface area contributed by atoms with E-state index in [0.717, 1.165) is 36.5 Å². The lowest BCUT2D eigenvalue weighted by atomic mass is 10.0. The second-order valence-corrected chi connectivity index (χ2v) is 8.34. The maximum absolute atomic E-state index is 5.75. The van der Waals surface area contributed by atoms with Crippen molar-refractivity contribution in [1.82, 2.24) is 25.0 Å². The zero-order valence-electron chi connectivity index (χ0n) is 18.0. The molecule has 7 heteroatoms. The zero-order chi connectivity index (χ0) is 21.4. The van der Waals surface area contributed by atoms with Crippen LogP contribution in [-0.2, 0) is 19.5 Å². The Balaban J connectivity index is 1.43. The minimum atomic E-state index is -0.0176. The SMILES string of the molecule is Cc1ccc(-c2noc([C@@H]3Cc4nc[nH]c4CN3Cc3ccc(N(C)C)cc3)n2)cc1. The fourth-order valence-corrected chi connectivity index (χ4v) is 4.02. The van der Waals surface area contributed by atoms with Gasteiger partial charge in [-0.2, -0.15) is 4.98 Å². The molecule has 1 aliphatic heterocycles. The second-order valence-electron chi connectivity index (χ2n) is 8.34. The van der Waals surface area contributed by atoms with E-state index < -0.39 is 0 Å². The Morgan fingerprint density at radius 1 is 1.10 bits per heavy atom. The standard InChI is InChI=1S/C24H26N6O/c1-16-4-8-18(9-5-16)23-27-24(31-28-23)22-12-20-21(26-15-25-20)14-30(22)13-17-6-10-19(11-7-17)29(2)3/h4-11,15,22H,12-14H2,1-3H3,(H,25,26)/t22-/m0/s1. The van der Waals surface area contributed by atoms with Crippen molar-refractivity contribution in [2.24, 2.45) is 0 Å². The number of fused-ring (bicyclic) bond motifs is 1. The van der Waals surface area contributed by atoms with Crippen molar-refractivity contribution < 1.29 is 4.52 Å². The maximum atomic E-state index is 5.75. The van der Waals surface area contributed by atoms with Crippen molar-refractivity contribution in [3.63, 3.8) is 0 Å². The van der Waals surface area contributed by atoms with Crippen molar-refractivity contribution in [1.29, 1.82) is 0 Å². The molecular formula is C24H26N6O. The smallest absolute Gasteiger partial charge is 0.244 e. The molecule has 1 atom stereocenters. The van der Waals surface area contributed by atoms with Gasteiger partial charge in [-0.1, -0.05) is 47.1 Å². The molecule has 7 nitrogen and oxygen atoms in total. The fraction of sp³-hybridized carbons (Fsp3) is 0.292. The normalized spacial score (nSPS) is 16.3. The molecule has 0 saturated heterocycles. The van der Waals surface area contributed by atoms with Crippen molar-refractivity contribution >= 4 is 5.69 Å². The predicted molar refractivity (Wildman–Crippen MR) is 120 cm³/mol. The van der Waals surface area contributed by atoms with Gasteiger partial charge in [0.25, 0.3) is 0 Å². The molecule has 2 aromatic heterocycles. The third-order valence-electron chi connectivity index (χ3n) is 5.87. The third kappa shape index (κ3) is 3.96. The van der Waals surface area contributed by atoms with Crippen molar-refractivity contribution in [3.05, 3.63) is 83.3 Å². The lowest BCUT2D eigenvalue weighted by molar-refractivity contribution is 0.128. The summed E-state index contributed by atoms with van der Waals surface area (Å²) >= 11 is 0. The first-order valence-corrected chi connectivity index (χ1v) is 10.5. The van der Waals surface area contributed by atoms with Crippen molar-refractivity contribution in [2.75, 3.05) is 19.0 Å². The molecule has 2 aromatic carbocycles. The van der Waals surface area contributed by atoms with Gasteiger partial charge in [-0.05, 0) is 24.6 Å². The number of aromatic nitrogens is 4. The summed E-state index contributed by atoms with van der Waals surface area (Å²) in [6, 6.07) is 16.8. The van der Waals surface area contributed by atoms with Crippen LogP contribution in [0.2, 0.25) is 0 Å². The number of aromatic amines is 1. The number of imidazole rings is 1. The number of hydrogen-bond donors (Lipinski definition) is 1. The van der Waals surface area contributed by atoms with Crippen LogP contribution < -0.4 is 4.90 Å². The Bertz CT molecular complexity index is 1160. The molecule has 0 radical (unpaired) electrons. The molecule has 0 unspecified atom stereocenters. The van der Waals surface area contributed by atoms with Crippen LogP contribution in [0.3, 0.4) is 0 Å². The van der Waals surface area contributed by atoms with Crippen LogP contribution in [0.15, 0.2) is 59.4 Å². The van der Waals surface area contributed by atoms with E-state index in [4.69, 9.17) is 9.51 Å². The van der Waals surface area contributed by atoms with Gasteiger partial charge < -0.3 is 14.4 Å². The minimum Gasteiger partial charge on any atom is -0.378 e. The fourth-order valence-electron chi connectivity index (χ4n) is 4.02. The first kappa shape index (κ1) is 19.5. The summed E-state index contributed by atoms with van der Waals surface area (Å²) in [6.45, 7) is 3.62. The number of benzene rings is 2. The van der Waals surface area contributed by atoms with Gasteiger partial charge in [0.05, 0.1) is 23.8 Å². The molecule has 1 aliphatic rings. The Kier molecular flexibility index (Phi) is 5.03. The molecule has 0 fully saturated rings. The van der Waals surface area contributed by atoms with Crippen LogP contribution in [0.25, 0.3) is 11.4 Å². The molecule has 3 heterocycles. The van der Waals surface area contributed by atoms with Crippen LogP contribution in [0.5, 0.6) is 0 Å². The molecule has 0 spiro atoms. The van der Waals surface area contributed by atoms with E-state index in [1.54, 1.807) is 6.33 Å². The quantitative estimate of drug-likeness (QED) is 0.529. The van der Waals surface area contributed by atoms with E-state index in [2.05, 4.69) is 82.3 Å². The van der Waals surface area contributed by atoms with E-state index in [1.807, 2.05) is 12.1 Å². The lowest BCUT2D eigenvalue weighted by Gasteiger charge is -2.32. The van der Waals surface area contributed by atoms with Crippen LogP contribution in [0.1, 0.15) is 34.4 Å². The van der Waals surface area contributed by atoms with Crippen LogP contribution in [0, 0.1) is 6.92 Å². The summed E-state index contributed by atoms with van der Waals surface area (Å²) in [6.07, 6.45) is 2.51. The van der Waals surface area contributed by atoms with Gasteiger partial charge in [-0.3, -0.25) is 4.90 Å². The van der Waals surface area contributed by atoms with Crippen LogP contribution in [-0.4, -0.2) is 39.1 Å². The van der Waals surface area contributed by atoms with Crippen LogP contribution in [0.4, 0.5) is 5.69 Å². The van der Waals surface area contributed by atoms with E-state index >= 15 is 0 Å².